The van der Waals surface area contributed by atoms with Crippen LogP contribution in [-0.2, 0) is 9.53 Å². The van der Waals surface area contributed by atoms with Gasteiger partial charge in [0.15, 0.2) is 0 Å². The monoisotopic (exact) mass is 276 g/mol. The molecular formula is C16H24N2O2. The summed E-state index contributed by atoms with van der Waals surface area (Å²) in [4.78, 5) is 14.2. The lowest BCUT2D eigenvalue weighted by Crippen LogP contribution is -2.37. The topological polar surface area (TPSA) is 41.6 Å². The highest BCUT2D eigenvalue weighted by molar-refractivity contribution is 5.84. The van der Waals surface area contributed by atoms with Crippen molar-refractivity contribution in [3.8, 4) is 0 Å². The van der Waals surface area contributed by atoms with E-state index in [0.29, 0.717) is 13.2 Å². The van der Waals surface area contributed by atoms with Gasteiger partial charge in [0.1, 0.15) is 6.17 Å². The average Bonchev–Trinajstić information content (AvgIpc) is 2.67. The van der Waals surface area contributed by atoms with Gasteiger partial charge in [-0.05, 0) is 33.3 Å². The molecule has 1 aromatic rings. The Balaban J connectivity index is 2.19. The van der Waals surface area contributed by atoms with Gasteiger partial charge in [0.25, 0.3) is 0 Å². The van der Waals surface area contributed by atoms with Gasteiger partial charge >= 0.3 is 0 Å². The van der Waals surface area contributed by atoms with Crippen LogP contribution in [0, 0.1) is 6.92 Å². The van der Waals surface area contributed by atoms with E-state index >= 15 is 0 Å². The van der Waals surface area contributed by atoms with E-state index in [-0.39, 0.29) is 24.2 Å². The molecule has 1 heterocycles. The first-order chi connectivity index (χ1) is 9.52. The first-order valence-corrected chi connectivity index (χ1v) is 7.27. The van der Waals surface area contributed by atoms with Crippen molar-refractivity contribution in [2.24, 2.45) is 0 Å². The zero-order valence-corrected chi connectivity index (χ0v) is 12.7. The van der Waals surface area contributed by atoms with Crippen LogP contribution in [0.4, 0.5) is 0 Å². The molecule has 1 aliphatic heterocycles. The van der Waals surface area contributed by atoms with Crippen LogP contribution >= 0.6 is 0 Å². The summed E-state index contributed by atoms with van der Waals surface area (Å²) in [5, 5.41) is 3.37. The van der Waals surface area contributed by atoms with E-state index in [1.54, 1.807) is 0 Å². The number of aryl methyl sites for hydroxylation is 1. The highest BCUT2D eigenvalue weighted by atomic mass is 16.5. The second-order valence-corrected chi connectivity index (χ2v) is 5.46. The highest BCUT2D eigenvalue weighted by Gasteiger charge is 2.37. The van der Waals surface area contributed by atoms with Gasteiger partial charge in [0.05, 0.1) is 12.1 Å². The second kappa shape index (κ2) is 6.37. The molecule has 0 spiro atoms. The Morgan fingerprint density at radius 2 is 2.20 bits per heavy atom. The van der Waals surface area contributed by atoms with Crippen LogP contribution in [0.2, 0.25) is 0 Å². The van der Waals surface area contributed by atoms with Crippen LogP contribution in [0.25, 0.3) is 0 Å². The van der Waals surface area contributed by atoms with Crippen molar-refractivity contribution in [1.82, 2.24) is 10.2 Å². The number of ether oxygens (including phenoxy) is 1. The maximum atomic E-state index is 12.3. The number of amides is 1. The Labute approximate surface area is 121 Å². The van der Waals surface area contributed by atoms with Crippen LogP contribution in [0.3, 0.4) is 0 Å². The van der Waals surface area contributed by atoms with E-state index in [1.165, 1.54) is 5.56 Å². The van der Waals surface area contributed by atoms with E-state index in [2.05, 4.69) is 30.4 Å². The number of carbonyl (C=O) groups is 1. The summed E-state index contributed by atoms with van der Waals surface area (Å²) in [6.07, 6.45) is -0.0105. The molecule has 0 aromatic heterocycles. The van der Waals surface area contributed by atoms with Gasteiger partial charge in [-0.15, -0.1) is 0 Å². The predicted molar refractivity (Wildman–Crippen MR) is 79.3 cm³/mol. The Morgan fingerprint density at radius 3 is 2.85 bits per heavy atom. The number of hydrogen-bond acceptors (Lipinski definition) is 3. The van der Waals surface area contributed by atoms with Crippen LogP contribution in [-0.4, -0.2) is 36.1 Å². The van der Waals surface area contributed by atoms with E-state index in [0.717, 1.165) is 5.56 Å². The smallest absolute Gasteiger partial charge is 0.241 e. The fourth-order valence-electron chi connectivity index (χ4n) is 2.70. The number of nitrogens with one attached hydrogen (secondary N) is 1. The molecule has 4 nitrogen and oxygen atoms in total. The van der Waals surface area contributed by atoms with Gasteiger partial charge in [-0.25, -0.2) is 0 Å². The lowest BCUT2D eigenvalue weighted by molar-refractivity contribution is -0.131. The van der Waals surface area contributed by atoms with Crippen LogP contribution in [0.1, 0.15) is 38.1 Å². The molecule has 1 fully saturated rings. The summed E-state index contributed by atoms with van der Waals surface area (Å²) >= 11 is 0. The molecule has 1 amide bonds. The number of hydrogen-bond donors (Lipinski definition) is 1. The summed E-state index contributed by atoms with van der Waals surface area (Å²) in [5.41, 5.74) is 2.33. The van der Waals surface area contributed by atoms with Gasteiger partial charge in [0, 0.05) is 13.2 Å². The summed E-state index contributed by atoms with van der Waals surface area (Å²) in [6.45, 7) is 9.24. The molecule has 1 N–H and O–H groups in total. The fraction of sp³-hybridized carbons (Fsp3) is 0.562. The van der Waals surface area contributed by atoms with E-state index in [4.69, 9.17) is 4.74 Å². The van der Waals surface area contributed by atoms with Crippen molar-refractivity contribution in [2.45, 2.75) is 46.0 Å². The Hall–Kier alpha value is -1.39. The minimum atomic E-state index is -0.144. The van der Waals surface area contributed by atoms with Crippen LogP contribution in [0.5, 0.6) is 0 Å². The first-order valence-electron chi connectivity index (χ1n) is 7.27. The third-order valence-electron chi connectivity index (χ3n) is 3.64. The Morgan fingerprint density at radius 1 is 1.45 bits per heavy atom. The van der Waals surface area contributed by atoms with E-state index in [9.17, 15) is 4.79 Å². The zero-order valence-electron chi connectivity index (χ0n) is 12.7. The Kier molecular flexibility index (Phi) is 4.78. The van der Waals surface area contributed by atoms with Gasteiger partial charge in [-0.3, -0.25) is 10.1 Å². The minimum Gasteiger partial charge on any atom is -0.377 e. The normalized spacial score (nSPS) is 24.2. The molecule has 2 rings (SSSR count). The predicted octanol–water partition coefficient (Wildman–Crippen LogP) is 2.24. The molecule has 0 saturated carbocycles. The van der Waals surface area contributed by atoms with Gasteiger partial charge in [0.2, 0.25) is 5.91 Å². The Bertz CT molecular complexity index is 475. The van der Waals surface area contributed by atoms with Crippen molar-refractivity contribution >= 4 is 5.91 Å². The molecule has 0 aliphatic carbocycles. The maximum Gasteiger partial charge on any atom is 0.241 e. The molecule has 1 aliphatic rings. The SMILES string of the molecule is CCOC(C)CN1C(=O)C(C)NC1c1cccc(C)c1. The van der Waals surface area contributed by atoms with Crippen LogP contribution in [0.15, 0.2) is 24.3 Å². The standard InChI is InChI=1S/C16H24N2O2/c1-5-20-12(3)10-18-15(17-13(4)16(18)19)14-8-6-7-11(2)9-14/h6-9,12-13,15,17H,5,10H2,1-4H3. The zero-order chi connectivity index (χ0) is 14.7. The van der Waals surface area contributed by atoms with Gasteiger partial charge in [-0.2, -0.15) is 0 Å². The van der Waals surface area contributed by atoms with Crippen molar-refractivity contribution in [3.63, 3.8) is 0 Å². The lowest BCUT2D eigenvalue weighted by Gasteiger charge is -2.27. The molecule has 20 heavy (non-hydrogen) atoms. The molecule has 4 heteroatoms. The lowest BCUT2D eigenvalue weighted by atomic mass is 10.1. The van der Waals surface area contributed by atoms with Crippen molar-refractivity contribution in [3.05, 3.63) is 35.4 Å². The van der Waals surface area contributed by atoms with E-state index < -0.39 is 0 Å². The molecule has 1 aromatic carbocycles. The maximum absolute atomic E-state index is 12.3. The number of benzene rings is 1. The largest absolute Gasteiger partial charge is 0.377 e. The first kappa shape index (κ1) is 15.0. The van der Waals surface area contributed by atoms with Gasteiger partial charge in [-0.1, -0.05) is 29.8 Å². The summed E-state index contributed by atoms with van der Waals surface area (Å²) in [5.74, 6) is 0.142. The number of nitrogens with zero attached hydrogens (tertiary/aromatic N) is 1. The average molecular weight is 276 g/mol. The third kappa shape index (κ3) is 3.19. The van der Waals surface area contributed by atoms with Crippen molar-refractivity contribution in [1.29, 1.82) is 0 Å². The van der Waals surface area contributed by atoms with E-state index in [1.807, 2.05) is 31.7 Å². The quantitative estimate of drug-likeness (QED) is 0.896. The second-order valence-electron chi connectivity index (χ2n) is 5.46. The third-order valence-corrected chi connectivity index (χ3v) is 3.64. The molecule has 110 valence electrons. The molecule has 0 bridgehead atoms. The van der Waals surface area contributed by atoms with Crippen molar-refractivity contribution < 1.29 is 9.53 Å². The minimum absolute atomic E-state index is 0.0448. The molecule has 3 atom stereocenters. The molecule has 0 radical (unpaired) electrons. The van der Waals surface area contributed by atoms with Crippen LogP contribution < -0.4 is 5.32 Å². The van der Waals surface area contributed by atoms with Crippen molar-refractivity contribution in [2.75, 3.05) is 13.2 Å². The molecular weight excluding hydrogens is 252 g/mol. The molecule has 3 unspecified atom stereocenters. The summed E-state index contributed by atoms with van der Waals surface area (Å²) < 4.78 is 5.57. The van der Waals surface area contributed by atoms with Gasteiger partial charge < -0.3 is 9.64 Å². The number of rotatable bonds is 5. The fourth-order valence-corrected chi connectivity index (χ4v) is 2.70. The summed E-state index contributed by atoms with van der Waals surface area (Å²) in [7, 11) is 0. The molecule has 1 saturated heterocycles. The number of carbonyl (C=O) groups excluding carboxylic acids is 1. The summed E-state index contributed by atoms with van der Waals surface area (Å²) in [6, 6.07) is 8.14. The highest BCUT2D eigenvalue weighted by Crippen LogP contribution is 2.26.